The number of aromatic nitrogens is 2. The van der Waals surface area contributed by atoms with Crippen LogP contribution >= 0.6 is 11.3 Å². The first-order valence-corrected chi connectivity index (χ1v) is 8.23. The Morgan fingerprint density at radius 2 is 2.05 bits per heavy atom. The Morgan fingerprint density at radius 3 is 2.67 bits per heavy atom. The number of thiazole rings is 1. The van der Waals surface area contributed by atoms with Crippen LogP contribution < -0.4 is 10.9 Å². The SMILES string of the molecule is CCCC(CCC)C(=O)Nc1c(C)nc2sccn2c1=O. The molecule has 0 fully saturated rings. The number of amides is 1. The van der Waals surface area contributed by atoms with Gasteiger partial charge in [0.05, 0.1) is 5.69 Å². The molecule has 0 saturated carbocycles. The standard InChI is InChI=1S/C15H21N3O2S/c1-4-6-11(7-5-2)13(19)17-12-10(3)16-15-18(14(12)20)8-9-21-15/h8-9,11H,4-7H2,1-3H3,(H,17,19). The lowest BCUT2D eigenvalue weighted by Crippen LogP contribution is -2.28. The second-order valence-electron chi connectivity index (χ2n) is 5.20. The van der Waals surface area contributed by atoms with Crippen LogP contribution in [0, 0.1) is 12.8 Å². The Bertz CT molecular complexity index is 684. The van der Waals surface area contributed by atoms with Crippen LogP contribution in [0.25, 0.3) is 4.96 Å². The fourth-order valence-electron chi connectivity index (χ4n) is 2.45. The van der Waals surface area contributed by atoms with E-state index in [-0.39, 0.29) is 17.4 Å². The van der Waals surface area contributed by atoms with Gasteiger partial charge in [0.25, 0.3) is 5.56 Å². The average Bonchev–Trinajstić information content (AvgIpc) is 2.91. The van der Waals surface area contributed by atoms with Gasteiger partial charge in [-0.1, -0.05) is 26.7 Å². The third-order valence-corrected chi connectivity index (χ3v) is 4.30. The number of nitrogens with zero attached hydrogens (tertiary/aromatic N) is 2. The van der Waals surface area contributed by atoms with Crippen molar-refractivity contribution < 1.29 is 4.79 Å². The molecule has 0 aromatic carbocycles. The van der Waals surface area contributed by atoms with E-state index < -0.39 is 0 Å². The summed E-state index contributed by atoms with van der Waals surface area (Å²) in [7, 11) is 0. The number of fused-ring (bicyclic) bond motifs is 1. The molecule has 1 amide bonds. The van der Waals surface area contributed by atoms with E-state index in [1.807, 2.05) is 5.38 Å². The number of rotatable bonds is 6. The van der Waals surface area contributed by atoms with Crippen molar-refractivity contribution in [2.45, 2.75) is 46.5 Å². The highest BCUT2D eigenvalue weighted by Crippen LogP contribution is 2.18. The van der Waals surface area contributed by atoms with Gasteiger partial charge in [-0.25, -0.2) is 4.98 Å². The van der Waals surface area contributed by atoms with E-state index >= 15 is 0 Å². The monoisotopic (exact) mass is 307 g/mol. The lowest BCUT2D eigenvalue weighted by molar-refractivity contribution is -0.120. The van der Waals surface area contributed by atoms with Crippen molar-refractivity contribution >= 4 is 27.9 Å². The van der Waals surface area contributed by atoms with Crippen LogP contribution in [0.3, 0.4) is 0 Å². The maximum Gasteiger partial charge on any atom is 0.282 e. The molecule has 2 aromatic rings. The molecule has 0 aliphatic rings. The number of carbonyl (C=O) groups excluding carboxylic acids is 1. The van der Waals surface area contributed by atoms with Crippen LogP contribution in [0.4, 0.5) is 5.69 Å². The third-order valence-electron chi connectivity index (χ3n) is 3.54. The summed E-state index contributed by atoms with van der Waals surface area (Å²) in [5, 5.41) is 4.61. The summed E-state index contributed by atoms with van der Waals surface area (Å²) in [6.45, 7) is 5.88. The molecule has 0 unspecified atom stereocenters. The van der Waals surface area contributed by atoms with Crippen molar-refractivity contribution in [1.82, 2.24) is 9.38 Å². The minimum absolute atomic E-state index is 0.0398. The highest BCUT2D eigenvalue weighted by molar-refractivity contribution is 7.15. The second kappa shape index (κ2) is 6.85. The van der Waals surface area contributed by atoms with Crippen molar-refractivity contribution in [3.05, 3.63) is 27.6 Å². The van der Waals surface area contributed by atoms with Crippen LogP contribution in [0.1, 0.15) is 45.2 Å². The Labute approximate surface area is 128 Å². The predicted molar refractivity (Wildman–Crippen MR) is 86.0 cm³/mol. The van der Waals surface area contributed by atoms with Crippen molar-refractivity contribution in [2.75, 3.05) is 5.32 Å². The average molecular weight is 307 g/mol. The maximum atomic E-state index is 12.4. The summed E-state index contributed by atoms with van der Waals surface area (Å²) in [4.78, 5) is 29.8. The third kappa shape index (κ3) is 3.32. The van der Waals surface area contributed by atoms with Gasteiger partial charge in [0.1, 0.15) is 5.69 Å². The van der Waals surface area contributed by atoms with Crippen molar-refractivity contribution in [3.63, 3.8) is 0 Å². The normalized spacial score (nSPS) is 11.2. The first-order chi connectivity index (χ1) is 10.1. The van der Waals surface area contributed by atoms with E-state index in [0.29, 0.717) is 16.3 Å². The largest absolute Gasteiger partial charge is 0.320 e. The van der Waals surface area contributed by atoms with E-state index in [9.17, 15) is 9.59 Å². The van der Waals surface area contributed by atoms with Crippen LogP contribution in [0.15, 0.2) is 16.4 Å². The minimum Gasteiger partial charge on any atom is -0.320 e. The molecular formula is C15H21N3O2S. The summed E-state index contributed by atoms with van der Waals surface area (Å²) in [6, 6.07) is 0. The Kier molecular flexibility index (Phi) is 5.12. The van der Waals surface area contributed by atoms with E-state index in [0.717, 1.165) is 25.7 Å². The summed E-state index contributed by atoms with van der Waals surface area (Å²) in [5.74, 6) is -0.113. The summed E-state index contributed by atoms with van der Waals surface area (Å²) >= 11 is 1.40. The Morgan fingerprint density at radius 1 is 1.38 bits per heavy atom. The fraction of sp³-hybridized carbons (Fsp3) is 0.533. The lowest BCUT2D eigenvalue weighted by atomic mass is 9.97. The highest BCUT2D eigenvalue weighted by Gasteiger charge is 2.20. The molecule has 5 nitrogen and oxygen atoms in total. The molecule has 6 heteroatoms. The molecule has 0 saturated heterocycles. The fourth-order valence-corrected chi connectivity index (χ4v) is 3.21. The van der Waals surface area contributed by atoms with Crippen molar-refractivity contribution in [1.29, 1.82) is 0 Å². The summed E-state index contributed by atoms with van der Waals surface area (Å²) in [5.41, 5.74) is 0.662. The molecule has 0 radical (unpaired) electrons. The molecule has 0 aliphatic heterocycles. The van der Waals surface area contributed by atoms with Gasteiger partial charge in [0.2, 0.25) is 5.91 Å². The number of anilines is 1. The number of hydrogen-bond donors (Lipinski definition) is 1. The number of carbonyl (C=O) groups is 1. The molecule has 0 spiro atoms. The molecule has 2 heterocycles. The highest BCUT2D eigenvalue weighted by atomic mass is 32.1. The second-order valence-corrected chi connectivity index (χ2v) is 6.07. The van der Waals surface area contributed by atoms with Crippen LogP contribution in [0.2, 0.25) is 0 Å². The molecule has 2 rings (SSSR count). The molecule has 0 aliphatic carbocycles. The van der Waals surface area contributed by atoms with Crippen LogP contribution in [-0.2, 0) is 4.79 Å². The molecule has 2 aromatic heterocycles. The van der Waals surface area contributed by atoms with Gasteiger partial charge in [-0.3, -0.25) is 14.0 Å². The first-order valence-electron chi connectivity index (χ1n) is 7.35. The minimum atomic E-state index is -0.209. The zero-order valence-corrected chi connectivity index (χ0v) is 13.5. The zero-order valence-electron chi connectivity index (χ0n) is 12.7. The van der Waals surface area contributed by atoms with Gasteiger partial charge in [0, 0.05) is 17.5 Å². The van der Waals surface area contributed by atoms with Crippen molar-refractivity contribution in [2.24, 2.45) is 5.92 Å². The number of nitrogens with one attached hydrogen (secondary N) is 1. The molecule has 114 valence electrons. The van der Waals surface area contributed by atoms with E-state index in [2.05, 4.69) is 24.1 Å². The van der Waals surface area contributed by atoms with Crippen LogP contribution in [0.5, 0.6) is 0 Å². The quantitative estimate of drug-likeness (QED) is 0.891. The Balaban J connectivity index is 2.30. The van der Waals surface area contributed by atoms with Gasteiger partial charge >= 0.3 is 0 Å². The van der Waals surface area contributed by atoms with Crippen LogP contribution in [-0.4, -0.2) is 15.3 Å². The maximum absolute atomic E-state index is 12.4. The molecule has 1 N–H and O–H groups in total. The topological polar surface area (TPSA) is 63.5 Å². The molecule has 21 heavy (non-hydrogen) atoms. The number of hydrogen-bond acceptors (Lipinski definition) is 4. The van der Waals surface area contributed by atoms with Gasteiger partial charge in [0.15, 0.2) is 4.96 Å². The van der Waals surface area contributed by atoms with E-state index in [1.165, 1.54) is 15.7 Å². The molecule has 0 atom stereocenters. The lowest BCUT2D eigenvalue weighted by Gasteiger charge is -2.15. The first kappa shape index (κ1) is 15.7. The summed E-state index contributed by atoms with van der Waals surface area (Å²) < 4.78 is 1.47. The summed E-state index contributed by atoms with van der Waals surface area (Å²) in [6.07, 6.45) is 5.28. The van der Waals surface area contributed by atoms with Gasteiger partial charge < -0.3 is 5.32 Å². The van der Waals surface area contributed by atoms with E-state index in [1.54, 1.807) is 13.1 Å². The molecule has 0 bridgehead atoms. The Hall–Kier alpha value is -1.69. The van der Waals surface area contributed by atoms with E-state index in [4.69, 9.17) is 0 Å². The van der Waals surface area contributed by atoms with Crippen molar-refractivity contribution in [3.8, 4) is 0 Å². The van der Waals surface area contributed by atoms with Gasteiger partial charge in [-0.15, -0.1) is 11.3 Å². The predicted octanol–water partition coefficient (Wildman–Crippen LogP) is 3.22. The zero-order chi connectivity index (χ0) is 15.4. The number of aryl methyl sites for hydroxylation is 1. The molecular weight excluding hydrogens is 286 g/mol. The smallest absolute Gasteiger partial charge is 0.282 e. The van der Waals surface area contributed by atoms with Gasteiger partial charge in [-0.2, -0.15) is 0 Å². The van der Waals surface area contributed by atoms with Gasteiger partial charge in [-0.05, 0) is 19.8 Å².